The van der Waals surface area contributed by atoms with Gasteiger partial charge in [-0.1, -0.05) is 49.4 Å². The van der Waals surface area contributed by atoms with E-state index in [4.69, 9.17) is 5.11 Å². The Morgan fingerprint density at radius 1 is 1.11 bits per heavy atom. The average molecular weight is 254 g/mol. The molecule has 0 saturated carbocycles. The number of hydrogen-bond acceptors (Lipinski definition) is 2. The lowest BCUT2D eigenvalue weighted by Gasteiger charge is -2.09. The molecule has 1 unspecified atom stereocenters. The average Bonchev–Trinajstić information content (AvgIpc) is 2.46. The lowest BCUT2D eigenvalue weighted by molar-refractivity contribution is 0.101. The Bertz CT molecular complexity index is 570. The van der Waals surface area contributed by atoms with Gasteiger partial charge in [-0.2, -0.15) is 0 Å². The van der Waals surface area contributed by atoms with Crippen LogP contribution in [0.2, 0.25) is 0 Å². The van der Waals surface area contributed by atoms with Crippen LogP contribution in [0.1, 0.15) is 35.7 Å². The summed E-state index contributed by atoms with van der Waals surface area (Å²) in [5.74, 6) is 0.227. The molecule has 0 radical (unpaired) electrons. The highest BCUT2D eigenvalue weighted by Gasteiger charge is 2.05. The molecule has 0 saturated heterocycles. The van der Waals surface area contributed by atoms with Crippen LogP contribution in [0.25, 0.3) is 11.1 Å². The van der Waals surface area contributed by atoms with Crippen LogP contribution in [-0.4, -0.2) is 17.5 Å². The summed E-state index contributed by atoms with van der Waals surface area (Å²) >= 11 is 0. The summed E-state index contributed by atoms with van der Waals surface area (Å²) in [4.78, 5) is 11.4. The fourth-order valence-electron chi connectivity index (χ4n) is 2.03. The Morgan fingerprint density at radius 3 is 2.37 bits per heavy atom. The second-order valence-electron chi connectivity index (χ2n) is 4.84. The van der Waals surface area contributed by atoms with Crippen LogP contribution < -0.4 is 0 Å². The van der Waals surface area contributed by atoms with Gasteiger partial charge in [0.15, 0.2) is 5.78 Å². The quantitative estimate of drug-likeness (QED) is 0.845. The van der Waals surface area contributed by atoms with Crippen molar-refractivity contribution in [2.45, 2.75) is 19.8 Å². The summed E-state index contributed by atoms with van der Waals surface area (Å²) in [6.45, 7) is 3.72. The van der Waals surface area contributed by atoms with Crippen molar-refractivity contribution in [2.24, 2.45) is 0 Å². The maximum absolute atomic E-state index is 11.4. The molecule has 0 aromatic heterocycles. The van der Waals surface area contributed by atoms with Gasteiger partial charge in [0.1, 0.15) is 0 Å². The van der Waals surface area contributed by atoms with E-state index in [1.165, 1.54) is 0 Å². The number of ketones is 1. The second kappa shape index (κ2) is 5.81. The van der Waals surface area contributed by atoms with Crippen molar-refractivity contribution in [3.05, 3.63) is 59.7 Å². The summed E-state index contributed by atoms with van der Waals surface area (Å²) in [7, 11) is 0. The zero-order valence-electron chi connectivity index (χ0n) is 11.3. The van der Waals surface area contributed by atoms with E-state index < -0.39 is 0 Å². The molecule has 0 heterocycles. The van der Waals surface area contributed by atoms with E-state index in [0.29, 0.717) is 0 Å². The summed E-state index contributed by atoms with van der Waals surface area (Å²) in [5, 5.41) is 9.13. The highest BCUT2D eigenvalue weighted by Crippen LogP contribution is 2.23. The zero-order valence-corrected chi connectivity index (χ0v) is 11.3. The number of aliphatic hydroxyl groups excluding tert-OH is 1. The third-order valence-electron chi connectivity index (χ3n) is 3.36. The Morgan fingerprint density at radius 2 is 1.79 bits per heavy atom. The SMILES string of the molecule is CC(=O)c1cccc(-c2ccc(C(C)CO)cc2)c1. The number of carbonyl (C=O) groups is 1. The van der Waals surface area contributed by atoms with Gasteiger partial charge in [-0.15, -0.1) is 0 Å². The fraction of sp³-hybridized carbons (Fsp3) is 0.235. The van der Waals surface area contributed by atoms with Crippen LogP contribution in [0, 0.1) is 0 Å². The number of rotatable bonds is 4. The first kappa shape index (κ1) is 13.5. The lowest BCUT2D eigenvalue weighted by Crippen LogP contribution is -1.98. The topological polar surface area (TPSA) is 37.3 Å². The molecule has 2 aromatic carbocycles. The Hall–Kier alpha value is -1.93. The highest BCUT2D eigenvalue weighted by molar-refractivity contribution is 5.95. The van der Waals surface area contributed by atoms with Gasteiger partial charge < -0.3 is 5.11 Å². The third-order valence-corrected chi connectivity index (χ3v) is 3.36. The van der Waals surface area contributed by atoms with Crippen LogP contribution in [0.4, 0.5) is 0 Å². The van der Waals surface area contributed by atoms with Gasteiger partial charge in [0.2, 0.25) is 0 Å². The van der Waals surface area contributed by atoms with Gasteiger partial charge in [-0.05, 0) is 29.7 Å². The van der Waals surface area contributed by atoms with Gasteiger partial charge in [0.25, 0.3) is 0 Å². The number of carbonyl (C=O) groups excluding carboxylic acids is 1. The van der Waals surface area contributed by atoms with Gasteiger partial charge in [0, 0.05) is 18.1 Å². The Balaban J connectivity index is 2.32. The lowest BCUT2D eigenvalue weighted by atomic mass is 9.97. The molecule has 2 nitrogen and oxygen atoms in total. The van der Waals surface area contributed by atoms with E-state index in [9.17, 15) is 4.79 Å². The maximum Gasteiger partial charge on any atom is 0.159 e. The van der Waals surface area contributed by atoms with Gasteiger partial charge in [0.05, 0.1) is 0 Å². The van der Waals surface area contributed by atoms with Crippen molar-refractivity contribution in [1.29, 1.82) is 0 Å². The second-order valence-corrected chi connectivity index (χ2v) is 4.84. The van der Waals surface area contributed by atoms with Crippen molar-refractivity contribution in [1.82, 2.24) is 0 Å². The predicted molar refractivity (Wildman–Crippen MR) is 77.4 cm³/mol. The molecule has 2 rings (SSSR count). The molecule has 19 heavy (non-hydrogen) atoms. The summed E-state index contributed by atoms with van der Waals surface area (Å²) in [6, 6.07) is 15.7. The van der Waals surface area contributed by atoms with E-state index in [-0.39, 0.29) is 18.3 Å². The van der Waals surface area contributed by atoms with Crippen molar-refractivity contribution < 1.29 is 9.90 Å². The monoisotopic (exact) mass is 254 g/mol. The van der Waals surface area contributed by atoms with E-state index in [1.807, 2.05) is 55.5 Å². The van der Waals surface area contributed by atoms with E-state index in [2.05, 4.69) is 0 Å². The molecular weight excluding hydrogens is 236 g/mol. The van der Waals surface area contributed by atoms with Crippen LogP contribution in [-0.2, 0) is 0 Å². The minimum absolute atomic E-state index is 0.0763. The fourth-order valence-corrected chi connectivity index (χ4v) is 2.03. The van der Waals surface area contributed by atoms with Crippen LogP contribution in [0.5, 0.6) is 0 Å². The summed E-state index contributed by atoms with van der Waals surface area (Å²) in [5.41, 5.74) is 3.96. The maximum atomic E-state index is 11.4. The molecule has 2 aromatic rings. The van der Waals surface area contributed by atoms with Gasteiger partial charge >= 0.3 is 0 Å². The number of Topliss-reactive ketones (excluding diaryl/α,β-unsaturated/α-hetero) is 1. The van der Waals surface area contributed by atoms with E-state index in [0.717, 1.165) is 22.3 Å². The molecule has 1 N–H and O–H groups in total. The van der Waals surface area contributed by atoms with Crippen LogP contribution in [0.15, 0.2) is 48.5 Å². The zero-order chi connectivity index (χ0) is 13.8. The molecule has 2 heteroatoms. The first-order valence-corrected chi connectivity index (χ1v) is 6.44. The van der Waals surface area contributed by atoms with Crippen LogP contribution >= 0.6 is 0 Å². The number of benzene rings is 2. The normalized spacial score (nSPS) is 12.2. The van der Waals surface area contributed by atoms with Gasteiger partial charge in [-0.3, -0.25) is 4.79 Å². The first-order chi connectivity index (χ1) is 9.11. The smallest absolute Gasteiger partial charge is 0.159 e. The number of hydrogen-bond donors (Lipinski definition) is 1. The summed E-state index contributed by atoms with van der Waals surface area (Å²) < 4.78 is 0. The van der Waals surface area contributed by atoms with Crippen molar-refractivity contribution in [3.63, 3.8) is 0 Å². The third kappa shape index (κ3) is 3.09. The molecule has 0 fully saturated rings. The largest absolute Gasteiger partial charge is 0.396 e. The minimum atomic E-state index is 0.0763. The predicted octanol–water partition coefficient (Wildman–Crippen LogP) is 3.65. The number of aliphatic hydroxyl groups is 1. The van der Waals surface area contributed by atoms with E-state index >= 15 is 0 Å². The molecule has 0 aliphatic carbocycles. The van der Waals surface area contributed by atoms with Crippen LogP contribution in [0.3, 0.4) is 0 Å². The van der Waals surface area contributed by atoms with Gasteiger partial charge in [-0.25, -0.2) is 0 Å². The summed E-state index contributed by atoms with van der Waals surface area (Å²) in [6.07, 6.45) is 0. The van der Waals surface area contributed by atoms with Crippen molar-refractivity contribution >= 4 is 5.78 Å². The molecule has 0 bridgehead atoms. The molecule has 0 aliphatic rings. The standard InChI is InChI=1S/C17H18O2/c1-12(11-18)14-6-8-15(9-7-14)17-5-3-4-16(10-17)13(2)19/h3-10,12,18H,11H2,1-2H3. The molecule has 0 aliphatic heterocycles. The Labute approximate surface area is 113 Å². The molecule has 0 spiro atoms. The van der Waals surface area contributed by atoms with Crippen molar-refractivity contribution in [3.8, 4) is 11.1 Å². The molecule has 1 atom stereocenters. The Kier molecular flexibility index (Phi) is 4.13. The molecule has 98 valence electrons. The molecular formula is C17H18O2. The highest BCUT2D eigenvalue weighted by atomic mass is 16.3. The minimum Gasteiger partial charge on any atom is -0.396 e. The molecule has 0 amide bonds. The van der Waals surface area contributed by atoms with Crippen molar-refractivity contribution in [2.75, 3.05) is 6.61 Å². The first-order valence-electron chi connectivity index (χ1n) is 6.44. The van der Waals surface area contributed by atoms with E-state index in [1.54, 1.807) is 6.92 Å².